The predicted octanol–water partition coefficient (Wildman–Crippen LogP) is 3.10. The lowest BCUT2D eigenvalue weighted by atomic mass is 10.1. The Labute approximate surface area is 175 Å². The minimum atomic E-state index is -0.402. The molecule has 156 valence electrons. The number of carbonyl (C=O) groups excluding carboxylic acids is 2. The van der Waals surface area contributed by atoms with Crippen LogP contribution in [0.3, 0.4) is 0 Å². The summed E-state index contributed by atoms with van der Waals surface area (Å²) in [6.45, 7) is 2.19. The van der Waals surface area contributed by atoms with Crippen LogP contribution in [-0.2, 0) is 9.53 Å². The molecular weight excluding hydrogens is 382 g/mol. The number of nitrogens with one attached hydrogen (secondary N) is 3. The zero-order valence-corrected chi connectivity index (χ0v) is 17.2. The molecule has 0 fully saturated rings. The van der Waals surface area contributed by atoms with Crippen molar-refractivity contribution in [2.24, 2.45) is 0 Å². The summed E-state index contributed by atoms with van der Waals surface area (Å²) in [4.78, 5) is 28.7. The van der Waals surface area contributed by atoms with E-state index in [-0.39, 0.29) is 17.6 Å². The molecule has 0 spiro atoms. The lowest BCUT2D eigenvalue weighted by Crippen LogP contribution is -2.41. The predicted molar refractivity (Wildman–Crippen MR) is 116 cm³/mol. The molecule has 3 rings (SSSR count). The van der Waals surface area contributed by atoms with Gasteiger partial charge < -0.3 is 25.1 Å². The molecule has 0 aliphatic rings. The largest absolute Gasteiger partial charge is 0.497 e. The third-order valence-corrected chi connectivity index (χ3v) is 4.54. The molecule has 0 aliphatic carbocycles. The Bertz CT molecular complexity index is 1060. The molecule has 3 N–H and O–H groups in total. The second kappa shape index (κ2) is 9.76. The van der Waals surface area contributed by atoms with Crippen molar-refractivity contribution in [2.75, 3.05) is 20.8 Å². The van der Waals surface area contributed by atoms with Gasteiger partial charge >= 0.3 is 0 Å². The van der Waals surface area contributed by atoms with E-state index in [1.807, 2.05) is 31.2 Å². The number of hydrogen-bond acceptors (Lipinski definition) is 4. The molecule has 1 heterocycles. The van der Waals surface area contributed by atoms with Crippen LogP contribution in [0.15, 0.2) is 60.4 Å². The van der Waals surface area contributed by atoms with Gasteiger partial charge in [0.15, 0.2) is 0 Å². The smallest absolute Gasteiger partial charge is 0.268 e. The van der Waals surface area contributed by atoms with Crippen LogP contribution in [0.4, 0.5) is 0 Å². The van der Waals surface area contributed by atoms with Gasteiger partial charge in [0, 0.05) is 41.4 Å². The van der Waals surface area contributed by atoms with E-state index >= 15 is 0 Å². The highest BCUT2D eigenvalue weighted by molar-refractivity contribution is 6.06. The van der Waals surface area contributed by atoms with Gasteiger partial charge in [-0.1, -0.05) is 18.2 Å². The molecule has 7 heteroatoms. The Hall–Kier alpha value is -3.58. The van der Waals surface area contributed by atoms with E-state index in [0.29, 0.717) is 17.9 Å². The van der Waals surface area contributed by atoms with Crippen molar-refractivity contribution in [1.82, 2.24) is 15.6 Å². The van der Waals surface area contributed by atoms with E-state index in [9.17, 15) is 9.59 Å². The van der Waals surface area contributed by atoms with Crippen molar-refractivity contribution in [3.63, 3.8) is 0 Å². The van der Waals surface area contributed by atoms with Gasteiger partial charge in [-0.15, -0.1) is 0 Å². The van der Waals surface area contributed by atoms with Crippen LogP contribution in [0.5, 0.6) is 5.75 Å². The van der Waals surface area contributed by atoms with Crippen LogP contribution in [-0.4, -0.2) is 43.7 Å². The van der Waals surface area contributed by atoms with Gasteiger partial charge in [0.25, 0.3) is 11.8 Å². The zero-order valence-electron chi connectivity index (χ0n) is 17.2. The van der Waals surface area contributed by atoms with E-state index < -0.39 is 5.91 Å². The third kappa shape index (κ3) is 5.07. The van der Waals surface area contributed by atoms with Crippen LogP contribution >= 0.6 is 0 Å². The van der Waals surface area contributed by atoms with E-state index in [2.05, 4.69) is 15.6 Å². The summed E-state index contributed by atoms with van der Waals surface area (Å²) in [6.07, 6.45) is 3.43. The van der Waals surface area contributed by atoms with Crippen LogP contribution in [0.1, 0.15) is 22.8 Å². The molecular formula is C23H25N3O4. The average Bonchev–Trinajstić information content (AvgIpc) is 3.15. The molecule has 7 nitrogen and oxygen atoms in total. The van der Waals surface area contributed by atoms with Gasteiger partial charge in [-0.3, -0.25) is 9.59 Å². The van der Waals surface area contributed by atoms with Crippen LogP contribution < -0.4 is 15.4 Å². The number of benzene rings is 2. The summed E-state index contributed by atoms with van der Waals surface area (Å²) in [6, 6.07) is 14.1. The van der Waals surface area contributed by atoms with E-state index in [0.717, 1.165) is 16.5 Å². The van der Waals surface area contributed by atoms with E-state index in [1.54, 1.807) is 50.8 Å². The number of carbonyl (C=O) groups is 2. The molecule has 2 amide bonds. The van der Waals surface area contributed by atoms with Crippen LogP contribution in [0.2, 0.25) is 0 Å². The second-order valence-corrected chi connectivity index (χ2v) is 6.86. The fourth-order valence-corrected chi connectivity index (χ4v) is 3.06. The molecule has 1 atom stereocenters. The SMILES string of the molecule is COCC(C)NC(=O)C(=Cc1c[nH]c2ccc(OC)cc12)NC(=O)c1ccccc1. The summed E-state index contributed by atoms with van der Waals surface area (Å²) < 4.78 is 10.4. The number of aromatic amines is 1. The number of rotatable bonds is 8. The fraction of sp³-hybridized carbons (Fsp3) is 0.217. The molecule has 0 radical (unpaired) electrons. The lowest BCUT2D eigenvalue weighted by Gasteiger charge is -2.15. The number of fused-ring (bicyclic) bond motifs is 1. The van der Waals surface area contributed by atoms with Gasteiger partial charge in [-0.2, -0.15) is 0 Å². The van der Waals surface area contributed by atoms with Gasteiger partial charge in [0.05, 0.1) is 13.7 Å². The summed E-state index contributed by atoms with van der Waals surface area (Å²) in [5.74, 6) is -0.0697. The Morgan fingerprint density at radius 2 is 1.90 bits per heavy atom. The molecule has 0 bridgehead atoms. The highest BCUT2D eigenvalue weighted by Gasteiger charge is 2.17. The Kier molecular flexibility index (Phi) is 6.87. The van der Waals surface area contributed by atoms with Crippen LogP contribution in [0.25, 0.3) is 17.0 Å². The summed E-state index contributed by atoms with van der Waals surface area (Å²) in [5.41, 5.74) is 2.24. The van der Waals surface area contributed by atoms with Gasteiger partial charge in [0.1, 0.15) is 11.4 Å². The first-order valence-electron chi connectivity index (χ1n) is 9.55. The Morgan fingerprint density at radius 1 is 1.13 bits per heavy atom. The molecule has 0 saturated carbocycles. The molecule has 1 aromatic heterocycles. The minimum absolute atomic E-state index is 0.135. The monoisotopic (exact) mass is 407 g/mol. The fourth-order valence-electron chi connectivity index (χ4n) is 3.06. The molecule has 0 aliphatic heterocycles. The summed E-state index contributed by atoms with van der Waals surface area (Å²) >= 11 is 0. The second-order valence-electron chi connectivity index (χ2n) is 6.86. The first-order valence-corrected chi connectivity index (χ1v) is 9.55. The minimum Gasteiger partial charge on any atom is -0.497 e. The standard InChI is InChI=1S/C23H25N3O4/c1-15(14-29-2)25-23(28)21(26-22(27)16-7-5-4-6-8-16)11-17-13-24-20-10-9-18(30-3)12-19(17)20/h4-13,15,24H,14H2,1-3H3,(H,25,28)(H,26,27). The first kappa shape index (κ1) is 21.1. The lowest BCUT2D eigenvalue weighted by molar-refractivity contribution is -0.118. The van der Waals surface area contributed by atoms with Crippen molar-refractivity contribution in [2.45, 2.75) is 13.0 Å². The normalized spacial score (nSPS) is 12.4. The zero-order chi connectivity index (χ0) is 21.5. The maximum Gasteiger partial charge on any atom is 0.268 e. The molecule has 30 heavy (non-hydrogen) atoms. The van der Waals surface area contributed by atoms with E-state index in [4.69, 9.17) is 9.47 Å². The van der Waals surface area contributed by atoms with Crippen molar-refractivity contribution < 1.29 is 19.1 Å². The Morgan fingerprint density at radius 3 is 2.60 bits per heavy atom. The van der Waals surface area contributed by atoms with Crippen molar-refractivity contribution in [3.05, 3.63) is 71.6 Å². The van der Waals surface area contributed by atoms with Crippen molar-refractivity contribution >= 4 is 28.8 Å². The van der Waals surface area contributed by atoms with Crippen molar-refractivity contribution in [3.8, 4) is 5.75 Å². The quantitative estimate of drug-likeness (QED) is 0.500. The maximum absolute atomic E-state index is 12.9. The Balaban J connectivity index is 1.96. The average molecular weight is 407 g/mol. The number of amides is 2. The number of H-pyrrole nitrogens is 1. The van der Waals surface area contributed by atoms with Crippen LogP contribution in [0, 0.1) is 0 Å². The molecule has 3 aromatic rings. The molecule has 0 saturated heterocycles. The van der Waals surface area contributed by atoms with Gasteiger partial charge in [-0.05, 0) is 43.3 Å². The topological polar surface area (TPSA) is 92.4 Å². The van der Waals surface area contributed by atoms with Gasteiger partial charge in [0.2, 0.25) is 0 Å². The number of methoxy groups -OCH3 is 2. The van der Waals surface area contributed by atoms with Gasteiger partial charge in [-0.25, -0.2) is 0 Å². The number of ether oxygens (including phenoxy) is 2. The van der Waals surface area contributed by atoms with E-state index in [1.165, 1.54) is 0 Å². The highest BCUT2D eigenvalue weighted by Crippen LogP contribution is 2.25. The van der Waals surface area contributed by atoms with Crippen molar-refractivity contribution in [1.29, 1.82) is 0 Å². The number of hydrogen-bond donors (Lipinski definition) is 3. The molecule has 2 aromatic carbocycles. The summed E-state index contributed by atoms with van der Waals surface area (Å²) in [5, 5.41) is 6.45. The highest BCUT2D eigenvalue weighted by atomic mass is 16.5. The summed E-state index contributed by atoms with van der Waals surface area (Å²) in [7, 11) is 3.16. The maximum atomic E-state index is 12.9. The first-order chi connectivity index (χ1) is 14.5. The molecule has 1 unspecified atom stereocenters. The third-order valence-electron chi connectivity index (χ3n) is 4.54. The number of aromatic nitrogens is 1.